The SMILES string of the molecule is CC1CC(N)CCN1CCCCN(C)C. The second-order valence-corrected chi connectivity index (χ2v) is 5.18. The highest BCUT2D eigenvalue weighted by molar-refractivity contribution is 4.80. The average molecular weight is 213 g/mol. The third-order valence-corrected chi connectivity index (χ3v) is 3.35. The summed E-state index contributed by atoms with van der Waals surface area (Å²) in [5.41, 5.74) is 5.95. The van der Waals surface area contributed by atoms with Crippen LogP contribution in [-0.4, -0.2) is 55.6 Å². The van der Waals surface area contributed by atoms with Gasteiger partial charge in [-0.3, -0.25) is 0 Å². The second-order valence-electron chi connectivity index (χ2n) is 5.18. The number of nitrogens with two attached hydrogens (primary N) is 1. The van der Waals surface area contributed by atoms with Crippen molar-refractivity contribution in [3.05, 3.63) is 0 Å². The summed E-state index contributed by atoms with van der Waals surface area (Å²) in [6.07, 6.45) is 4.98. The molecular formula is C12H27N3. The largest absolute Gasteiger partial charge is 0.328 e. The lowest BCUT2D eigenvalue weighted by Crippen LogP contribution is -2.45. The lowest BCUT2D eigenvalue weighted by atomic mass is 9.99. The van der Waals surface area contributed by atoms with Gasteiger partial charge in [-0.1, -0.05) is 0 Å². The molecular weight excluding hydrogens is 186 g/mol. The van der Waals surface area contributed by atoms with Gasteiger partial charge in [-0.05, 0) is 66.3 Å². The third-order valence-electron chi connectivity index (χ3n) is 3.35. The first-order valence-corrected chi connectivity index (χ1v) is 6.24. The summed E-state index contributed by atoms with van der Waals surface area (Å²) >= 11 is 0. The van der Waals surface area contributed by atoms with Crippen LogP contribution in [0.2, 0.25) is 0 Å². The maximum Gasteiger partial charge on any atom is 0.00816 e. The highest BCUT2D eigenvalue weighted by Crippen LogP contribution is 2.16. The molecule has 2 N–H and O–H groups in total. The molecule has 0 aromatic rings. The predicted molar refractivity (Wildman–Crippen MR) is 66.0 cm³/mol. The van der Waals surface area contributed by atoms with Crippen molar-refractivity contribution in [2.24, 2.45) is 5.73 Å². The molecule has 0 bridgehead atoms. The first kappa shape index (κ1) is 12.9. The van der Waals surface area contributed by atoms with Gasteiger partial charge in [0.15, 0.2) is 0 Å². The molecule has 0 radical (unpaired) electrons. The van der Waals surface area contributed by atoms with Gasteiger partial charge in [0, 0.05) is 12.1 Å². The predicted octanol–water partition coefficient (Wildman–Crippen LogP) is 1.14. The molecule has 0 saturated carbocycles. The maximum atomic E-state index is 5.95. The number of piperidine rings is 1. The van der Waals surface area contributed by atoms with Gasteiger partial charge in [-0.15, -0.1) is 0 Å². The maximum absolute atomic E-state index is 5.95. The van der Waals surface area contributed by atoms with Crippen molar-refractivity contribution in [1.82, 2.24) is 9.80 Å². The van der Waals surface area contributed by atoms with E-state index in [4.69, 9.17) is 5.73 Å². The van der Waals surface area contributed by atoms with E-state index in [1.165, 1.54) is 45.3 Å². The average Bonchev–Trinajstić information content (AvgIpc) is 2.14. The molecule has 1 heterocycles. The van der Waals surface area contributed by atoms with Crippen LogP contribution in [0.25, 0.3) is 0 Å². The number of rotatable bonds is 5. The van der Waals surface area contributed by atoms with Crippen molar-refractivity contribution < 1.29 is 0 Å². The first-order chi connectivity index (χ1) is 7.09. The Morgan fingerprint density at radius 2 is 2.07 bits per heavy atom. The monoisotopic (exact) mass is 213 g/mol. The Morgan fingerprint density at radius 1 is 1.33 bits per heavy atom. The van der Waals surface area contributed by atoms with Crippen LogP contribution in [0, 0.1) is 0 Å². The molecule has 1 fully saturated rings. The van der Waals surface area contributed by atoms with Gasteiger partial charge in [0.05, 0.1) is 0 Å². The van der Waals surface area contributed by atoms with Gasteiger partial charge in [0.25, 0.3) is 0 Å². The highest BCUT2D eigenvalue weighted by Gasteiger charge is 2.22. The van der Waals surface area contributed by atoms with Crippen LogP contribution in [0.3, 0.4) is 0 Å². The second kappa shape index (κ2) is 6.46. The molecule has 1 rings (SSSR count). The Balaban J connectivity index is 2.10. The van der Waals surface area contributed by atoms with Crippen LogP contribution in [0.15, 0.2) is 0 Å². The van der Waals surface area contributed by atoms with E-state index in [1.807, 2.05) is 0 Å². The standard InChI is InChI=1S/C12H27N3/c1-11-10-12(13)6-9-15(11)8-5-4-7-14(2)3/h11-12H,4-10,13H2,1-3H3. The van der Waals surface area contributed by atoms with E-state index in [-0.39, 0.29) is 0 Å². The number of hydrogen-bond donors (Lipinski definition) is 1. The Morgan fingerprint density at radius 3 is 2.67 bits per heavy atom. The van der Waals surface area contributed by atoms with Gasteiger partial charge >= 0.3 is 0 Å². The molecule has 15 heavy (non-hydrogen) atoms. The Hall–Kier alpha value is -0.120. The van der Waals surface area contributed by atoms with Gasteiger partial charge in [0.2, 0.25) is 0 Å². The number of hydrogen-bond acceptors (Lipinski definition) is 3. The van der Waals surface area contributed by atoms with Crippen molar-refractivity contribution in [2.75, 3.05) is 33.7 Å². The van der Waals surface area contributed by atoms with Gasteiger partial charge in [-0.25, -0.2) is 0 Å². The molecule has 3 nitrogen and oxygen atoms in total. The molecule has 0 aromatic carbocycles. The Labute approximate surface area is 94.6 Å². The molecule has 1 aliphatic rings. The zero-order valence-electron chi connectivity index (χ0n) is 10.6. The summed E-state index contributed by atoms with van der Waals surface area (Å²) in [6, 6.07) is 1.13. The van der Waals surface area contributed by atoms with Crippen molar-refractivity contribution in [1.29, 1.82) is 0 Å². The van der Waals surface area contributed by atoms with Crippen LogP contribution >= 0.6 is 0 Å². The quantitative estimate of drug-likeness (QED) is 0.695. The zero-order valence-corrected chi connectivity index (χ0v) is 10.6. The van der Waals surface area contributed by atoms with Gasteiger partial charge in [0.1, 0.15) is 0 Å². The van der Waals surface area contributed by atoms with Gasteiger partial charge < -0.3 is 15.5 Å². The van der Waals surface area contributed by atoms with E-state index in [0.717, 1.165) is 0 Å². The topological polar surface area (TPSA) is 32.5 Å². The fraction of sp³-hybridized carbons (Fsp3) is 1.00. The van der Waals surface area contributed by atoms with Crippen LogP contribution in [0.4, 0.5) is 0 Å². The van der Waals surface area contributed by atoms with Crippen molar-refractivity contribution in [3.8, 4) is 0 Å². The molecule has 0 spiro atoms. The molecule has 2 atom stereocenters. The fourth-order valence-electron chi connectivity index (χ4n) is 2.33. The first-order valence-electron chi connectivity index (χ1n) is 6.24. The summed E-state index contributed by atoms with van der Waals surface area (Å²) < 4.78 is 0. The van der Waals surface area contributed by atoms with E-state index in [9.17, 15) is 0 Å². The molecule has 0 amide bonds. The summed E-state index contributed by atoms with van der Waals surface area (Å²) in [7, 11) is 4.28. The van der Waals surface area contributed by atoms with E-state index >= 15 is 0 Å². The van der Waals surface area contributed by atoms with Crippen molar-refractivity contribution in [3.63, 3.8) is 0 Å². The number of nitrogens with zero attached hydrogens (tertiary/aromatic N) is 2. The summed E-state index contributed by atoms with van der Waals surface area (Å²) in [6.45, 7) is 5.97. The fourth-order valence-corrected chi connectivity index (χ4v) is 2.33. The van der Waals surface area contributed by atoms with Crippen molar-refractivity contribution in [2.45, 2.75) is 44.7 Å². The summed E-state index contributed by atoms with van der Waals surface area (Å²) in [4.78, 5) is 4.86. The third kappa shape index (κ3) is 4.96. The number of likely N-dealkylation sites (tertiary alicyclic amines) is 1. The Kier molecular flexibility index (Phi) is 5.58. The molecule has 90 valence electrons. The van der Waals surface area contributed by atoms with Crippen LogP contribution < -0.4 is 5.73 Å². The molecule has 0 aromatic heterocycles. The smallest absolute Gasteiger partial charge is 0.00816 e. The lowest BCUT2D eigenvalue weighted by Gasteiger charge is -2.36. The number of unbranched alkanes of at least 4 members (excludes halogenated alkanes) is 1. The van der Waals surface area contributed by atoms with E-state index in [1.54, 1.807) is 0 Å². The minimum absolute atomic E-state index is 0.443. The lowest BCUT2D eigenvalue weighted by molar-refractivity contribution is 0.144. The van der Waals surface area contributed by atoms with Gasteiger partial charge in [-0.2, -0.15) is 0 Å². The molecule has 0 aliphatic carbocycles. The van der Waals surface area contributed by atoms with Crippen LogP contribution in [0.1, 0.15) is 32.6 Å². The molecule has 3 heteroatoms. The van der Waals surface area contributed by atoms with E-state index in [0.29, 0.717) is 12.1 Å². The minimum Gasteiger partial charge on any atom is -0.328 e. The van der Waals surface area contributed by atoms with Crippen LogP contribution in [-0.2, 0) is 0 Å². The minimum atomic E-state index is 0.443. The molecule has 1 saturated heterocycles. The normalized spacial score (nSPS) is 28.6. The zero-order chi connectivity index (χ0) is 11.3. The van der Waals surface area contributed by atoms with Crippen molar-refractivity contribution >= 4 is 0 Å². The molecule has 1 aliphatic heterocycles. The van der Waals surface area contributed by atoms with E-state index in [2.05, 4.69) is 30.8 Å². The Bertz CT molecular complexity index is 170. The van der Waals surface area contributed by atoms with E-state index < -0.39 is 0 Å². The van der Waals surface area contributed by atoms with Crippen LogP contribution in [0.5, 0.6) is 0 Å². The highest BCUT2D eigenvalue weighted by atomic mass is 15.2. The molecule has 2 unspecified atom stereocenters. The summed E-state index contributed by atoms with van der Waals surface area (Å²) in [5, 5.41) is 0. The summed E-state index contributed by atoms with van der Waals surface area (Å²) in [5.74, 6) is 0.